The quantitative estimate of drug-likeness (QED) is 0.836. The molecule has 0 unspecified atom stereocenters. The van der Waals surface area contributed by atoms with Gasteiger partial charge in [0.25, 0.3) is 0 Å². The van der Waals surface area contributed by atoms with E-state index in [1.165, 1.54) is 5.54 Å². The molecular formula is C11H13Cl2NO. The highest BCUT2D eigenvalue weighted by atomic mass is 35.5. The normalized spacial score (nSPS) is 11.8. The van der Waals surface area contributed by atoms with Crippen molar-refractivity contribution in [3.8, 4) is 0 Å². The molecule has 0 heterocycles. The van der Waals surface area contributed by atoms with Gasteiger partial charge in [0.1, 0.15) is 0 Å². The third-order valence-electron chi connectivity index (χ3n) is 1.92. The van der Waals surface area contributed by atoms with E-state index in [-0.39, 0.29) is 6.61 Å². The summed E-state index contributed by atoms with van der Waals surface area (Å²) >= 11 is 11.1. The summed E-state index contributed by atoms with van der Waals surface area (Å²) in [5, 5.41) is 12.7. The van der Waals surface area contributed by atoms with Crippen LogP contribution in [0.25, 0.3) is 0 Å². The molecule has 1 aromatic rings. The van der Waals surface area contributed by atoms with E-state index in [0.29, 0.717) is 18.1 Å². The average molecular weight is 246 g/mol. The van der Waals surface area contributed by atoms with Crippen molar-refractivity contribution in [2.24, 2.45) is 0 Å². The van der Waals surface area contributed by atoms with Crippen LogP contribution in [0.3, 0.4) is 0 Å². The number of benzene rings is 1. The summed E-state index contributed by atoms with van der Waals surface area (Å²) in [6.07, 6.45) is 0. The van der Waals surface area contributed by atoms with Crippen LogP contribution < -0.4 is 5.32 Å². The maximum atomic E-state index is 8.95. The Morgan fingerprint density at radius 1 is 1.40 bits per heavy atom. The van der Waals surface area contributed by atoms with Crippen LogP contribution in [-0.2, 0) is 13.2 Å². The first-order valence-electron chi connectivity index (χ1n) is 4.60. The van der Waals surface area contributed by atoms with Crippen molar-refractivity contribution >= 4 is 23.2 Å². The molecule has 0 spiro atoms. The van der Waals surface area contributed by atoms with Gasteiger partial charge in [0, 0.05) is 23.7 Å². The van der Waals surface area contributed by atoms with E-state index in [1.807, 2.05) is 24.3 Å². The van der Waals surface area contributed by atoms with Crippen LogP contribution >= 0.6 is 23.2 Å². The Kier molecular flexibility index (Phi) is 5.73. The van der Waals surface area contributed by atoms with Crippen LogP contribution in [0.2, 0.25) is 0 Å². The Hall–Kier alpha value is -0.540. The summed E-state index contributed by atoms with van der Waals surface area (Å²) in [6.45, 7) is 1.32. The minimum absolute atomic E-state index is 0.0657. The van der Waals surface area contributed by atoms with Crippen LogP contribution in [0.5, 0.6) is 0 Å². The van der Waals surface area contributed by atoms with Gasteiger partial charge in [0.15, 0.2) is 0 Å². The maximum absolute atomic E-state index is 8.95. The van der Waals surface area contributed by atoms with Gasteiger partial charge in [-0.25, -0.2) is 0 Å². The van der Waals surface area contributed by atoms with Gasteiger partial charge in [-0.2, -0.15) is 0 Å². The molecule has 15 heavy (non-hydrogen) atoms. The molecule has 0 aliphatic rings. The fraction of sp³-hybridized carbons (Fsp3) is 0.273. The van der Waals surface area contributed by atoms with Crippen molar-refractivity contribution in [3.05, 3.63) is 46.0 Å². The fourth-order valence-corrected chi connectivity index (χ4v) is 1.37. The van der Waals surface area contributed by atoms with Crippen molar-refractivity contribution in [2.75, 3.05) is 6.54 Å². The van der Waals surface area contributed by atoms with E-state index in [4.69, 9.17) is 28.3 Å². The molecular weight excluding hydrogens is 233 g/mol. The number of aliphatic hydroxyl groups excluding tert-OH is 1. The first kappa shape index (κ1) is 12.5. The minimum Gasteiger partial charge on any atom is -0.392 e. The topological polar surface area (TPSA) is 32.3 Å². The van der Waals surface area contributed by atoms with Crippen LogP contribution in [0.4, 0.5) is 0 Å². The maximum Gasteiger partial charge on any atom is 0.0681 e. The van der Waals surface area contributed by atoms with E-state index in [9.17, 15) is 0 Å². The van der Waals surface area contributed by atoms with Gasteiger partial charge >= 0.3 is 0 Å². The van der Waals surface area contributed by atoms with E-state index >= 15 is 0 Å². The second-order valence-electron chi connectivity index (χ2n) is 3.14. The molecule has 2 N–H and O–H groups in total. The van der Waals surface area contributed by atoms with Crippen molar-refractivity contribution in [1.29, 1.82) is 0 Å². The number of halogens is 2. The van der Waals surface area contributed by atoms with E-state index in [0.717, 1.165) is 11.1 Å². The highest BCUT2D eigenvalue weighted by Gasteiger charge is 1.96. The molecule has 0 saturated heterocycles. The van der Waals surface area contributed by atoms with Crippen LogP contribution in [0.15, 0.2) is 34.8 Å². The third-order valence-corrected chi connectivity index (χ3v) is 2.53. The Bertz CT molecular complexity index is 339. The van der Waals surface area contributed by atoms with Crippen LogP contribution in [0.1, 0.15) is 11.1 Å². The highest BCUT2D eigenvalue weighted by molar-refractivity contribution is 6.36. The summed E-state index contributed by atoms with van der Waals surface area (Å²) in [6, 6.07) is 7.74. The molecule has 0 aliphatic heterocycles. The number of rotatable bonds is 5. The van der Waals surface area contributed by atoms with Gasteiger partial charge in [-0.3, -0.25) is 0 Å². The number of hydrogen-bond donors (Lipinski definition) is 2. The van der Waals surface area contributed by atoms with Crippen molar-refractivity contribution < 1.29 is 5.11 Å². The summed E-state index contributed by atoms with van der Waals surface area (Å²) in [5.74, 6) is 0. The number of hydrogen-bond acceptors (Lipinski definition) is 2. The molecule has 0 saturated carbocycles. The fourth-order valence-electron chi connectivity index (χ4n) is 1.20. The summed E-state index contributed by atoms with van der Waals surface area (Å²) in [7, 11) is 0. The predicted molar refractivity (Wildman–Crippen MR) is 63.9 cm³/mol. The molecule has 1 rings (SSSR count). The second-order valence-corrected chi connectivity index (χ2v) is 3.84. The lowest BCUT2D eigenvalue weighted by Gasteiger charge is -2.05. The Balaban J connectivity index is 2.43. The number of nitrogens with one attached hydrogen (secondary N) is 1. The smallest absolute Gasteiger partial charge is 0.0681 e. The summed E-state index contributed by atoms with van der Waals surface area (Å²) in [4.78, 5) is 0. The van der Waals surface area contributed by atoms with E-state index < -0.39 is 0 Å². The molecule has 0 radical (unpaired) electrons. The molecule has 4 heteroatoms. The number of aliphatic hydroxyl groups is 1. The molecule has 1 aromatic carbocycles. The SMILES string of the molecule is OCc1cccc(CNC/C(Cl)=C/Cl)c1. The molecule has 0 aromatic heterocycles. The lowest BCUT2D eigenvalue weighted by atomic mass is 10.1. The molecule has 0 atom stereocenters. The standard InChI is InChI=1S/C11H13Cl2NO/c12-5-11(13)7-14-6-9-2-1-3-10(4-9)8-15/h1-5,14-15H,6-8H2/b11-5-. The molecule has 82 valence electrons. The monoisotopic (exact) mass is 245 g/mol. The Morgan fingerprint density at radius 2 is 2.13 bits per heavy atom. The summed E-state index contributed by atoms with van der Waals surface area (Å²) < 4.78 is 0. The first-order valence-corrected chi connectivity index (χ1v) is 5.42. The van der Waals surface area contributed by atoms with Gasteiger partial charge < -0.3 is 10.4 Å². The lowest BCUT2D eigenvalue weighted by molar-refractivity contribution is 0.281. The first-order chi connectivity index (χ1) is 7.26. The van der Waals surface area contributed by atoms with Gasteiger partial charge in [-0.1, -0.05) is 47.5 Å². The average Bonchev–Trinajstić information content (AvgIpc) is 2.29. The van der Waals surface area contributed by atoms with Crippen LogP contribution in [0, 0.1) is 0 Å². The predicted octanol–water partition coefficient (Wildman–Crippen LogP) is 2.59. The molecule has 0 bridgehead atoms. The highest BCUT2D eigenvalue weighted by Crippen LogP contribution is 2.06. The zero-order valence-electron chi connectivity index (χ0n) is 8.21. The second kappa shape index (κ2) is 6.85. The minimum atomic E-state index is 0.0657. The molecule has 0 amide bonds. The van der Waals surface area contributed by atoms with Gasteiger partial charge in [-0.05, 0) is 11.1 Å². The zero-order chi connectivity index (χ0) is 11.1. The van der Waals surface area contributed by atoms with E-state index in [2.05, 4.69) is 5.32 Å². The molecule has 0 aliphatic carbocycles. The van der Waals surface area contributed by atoms with Crippen molar-refractivity contribution in [1.82, 2.24) is 5.32 Å². The van der Waals surface area contributed by atoms with Gasteiger partial charge in [-0.15, -0.1) is 0 Å². The Labute approximate surface area is 99.5 Å². The Morgan fingerprint density at radius 3 is 2.80 bits per heavy atom. The third kappa shape index (κ3) is 4.67. The zero-order valence-corrected chi connectivity index (χ0v) is 9.72. The van der Waals surface area contributed by atoms with Gasteiger partial charge in [0.2, 0.25) is 0 Å². The molecule has 2 nitrogen and oxygen atoms in total. The largest absolute Gasteiger partial charge is 0.392 e. The van der Waals surface area contributed by atoms with Crippen molar-refractivity contribution in [3.63, 3.8) is 0 Å². The summed E-state index contributed by atoms with van der Waals surface area (Å²) in [5.41, 5.74) is 3.37. The lowest BCUT2D eigenvalue weighted by Crippen LogP contribution is -2.14. The van der Waals surface area contributed by atoms with Gasteiger partial charge in [0.05, 0.1) is 6.61 Å². The van der Waals surface area contributed by atoms with Crippen LogP contribution in [-0.4, -0.2) is 11.7 Å². The molecule has 0 fully saturated rings. The van der Waals surface area contributed by atoms with Crippen molar-refractivity contribution in [2.45, 2.75) is 13.2 Å². The van der Waals surface area contributed by atoms with E-state index in [1.54, 1.807) is 0 Å².